The van der Waals surface area contributed by atoms with Gasteiger partial charge in [0.25, 0.3) is 0 Å². The smallest absolute Gasteiger partial charge is 0.407 e. The van der Waals surface area contributed by atoms with Gasteiger partial charge in [0.1, 0.15) is 18.5 Å². The van der Waals surface area contributed by atoms with Crippen LogP contribution in [0.5, 0.6) is 5.75 Å². The average molecular weight is 332 g/mol. The summed E-state index contributed by atoms with van der Waals surface area (Å²) in [7, 11) is 0. The zero-order valence-electron chi connectivity index (χ0n) is 13.0. The molecule has 2 atom stereocenters. The maximum atomic E-state index is 11.6. The standard InChI is InChI=1S/C17H20N2O5/c20-14-8-13(9-18-10-14)16(22)15(21)6-7-19-17(23)24-11-12-4-2-1-3-5-12/h1-5,8-10,15-16,20-22H,6-7,11H2,(H,19,23). The fraction of sp³-hybridized carbons (Fsp3) is 0.294. The van der Waals surface area contributed by atoms with E-state index in [0.29, 0.717) is 5.56 Å². The summed E-state index contributed by atoms with van der Waals surface area (Å²) >= 11 is 0. The van der Waals surface area contributed by atoms with Gasteiger partial charge in [0.15, 0.2) is 0 Å². The number of ether oxygens (including phenoxy) is 1. The summed E-state index contributed by atoms with van der Waals surface area (Å²) in [5, 5.41) is 31.7. The summed E-state index contributed by atoms with van der Waals surface area (Å²) in [6.07, 6.45) is -0.200. The summed E-state index contributed by atoms with van der Waals surface area (Å²) in [5.41, 5.74) is 1.17. The van der Waals surface area contributed by atoms with Crippen LogP contribution in [0.15, 0.2) is 48.8 Å². The van der Waals surface area contributed by atoms with E-state index in [1.807, 2.05) is 30.3 Å². The summed E-state index contributed by atoms with van der Waals surface area (Å²) in [5.74, 6) is -0.0960. The average Bonchev–Trinajstić information content (AvgIpc) is 2.60. The first-order valence-electron chi connectivity index (χ1n) is 7.51. The van der Waals surface area contributed by atoms with Crippen molar-refractivity contribution in [3.05, 3.63) is 59.9 Å². The number of rotatable bonds is 7. The SMILES string of the molecule is O=C(NCCC(O)C(O)c1cncc(O)c1)OCc1ccccc1. The predicted octanol–water partition coefficient (Wildman–Crippen LogP) is 1.50. The number of hydrogen-bond donors (Lipinski definition) is 4. The van der Waals surface area contributed by atoms with Gasteiger partial charge in [-0.1, -0.05) is 30.3 Å². The van der Waals surface area contributed by atoms with E-state index in [0.717, 1.165) is 5.56 Å². The van der Waals surface area contributed by atoms with Gasteiger partial charge in [-0.05, 0) is 18.1 Å². The molecule has 0 aliphatic rings. The molecule has 0 aliphatic heterocycles. The van der Waals surface area contributed by atoms with Gasteiger partial charge in [-0.3, -0.25) is 4.98 Å². The van der Waals surface area contributed by atoms with Gasteiger partial charge < -0.3 is 25.4 Å². The van der Waals surface area contributed by atoms with E-state index in [-0.39, 0.29) is 25.3 Å². The number of nitrogens with one attached hydrogen (secondary N) is 1. The highest BCUT2D eigenvalue weighted by molar-refractivity contribution is 5.67. The van der Waals surface area contributed by atoms with Gasteiger partial charge in [-0.15, -0.1) is 0 Å². The van der Waals surface area contributed by atoms with E-state index in [1.54, 1.807) is 0 Å². The zero-order valence-corrected chi connectivity index (χ0v) is 13.0. The topological polar surface area (TPSA) is 112 Å². The third-order valence-corrected chi connectivity index (χ3v) is 3.37. The number of benzene rings is 1. The van der Waals surface area contributed by atoms with Crippen LogP contribution >= 0.6 is 0 Å². The van der Waals surface area contributed by atoms with Gasteiger partial charge in [-0.2, -0.15) is 0 Å². The molecule has 2 aromatic rings. The van der Waals surface area contributed by atoms with Gasteiger partial charge >= 0.3 is 6.09 Å². The maximum Gasteiger partial charge on any atom is 0.407 e. The molecule has 0 saturated heterocycles. The fourth-order valence-electron chi connectivity index (χ4n) is 2.08. The van der Waals surface area contributed by atoms with Gasteiger partial charge in [-0.25, -0.2) is 4.79 Å². The van der Waals surface area contributed by atoms with Crippen molar-refractivity contribution in [3.8, 4) is 5.75 Å². The molecule has 2 rings (SSSR count). The summed E-state index contributed by atoms with van der Waals surface area (Å²) in [4.78, 5) is 15.3. The van der Waals surface area contributed by atoms with Crippen LogP contribution in [-0.4, -0.2) is 39.0 Å². The number of amides is 1. The summed E-state index contributed by atoms with van der Waals surface area (Å²) in [6, 6.07) is 10.6. The Hall–Kier alpha value is -2.64. The molecule has 4 N–H and O–H groups in total. The van der Waals surface area contributed by atoms with Crippen LogP contribution in [0, 0.1) is 0 Å². The third-order valence-electron chi connectivity index (χ3n) is 3.37. The Balaban J connectivity index is 1.70. The van der Waals surface area contributed by atoms with Gasteiger partial charge in [0, 0.05) is 18.3 Å². The molecular weight excluding hydrogens is 312 g/mol. The second-order valence-corrected chi connectivity index (χ2v) is 5.27. The summed E-state index contributed by atoms with van der Waals surface area (Å²) in [6.45, 7) is 0.297. The third kappa shape index (κ3) is 5.53. The Morgan fingerprint density at radius 3 is 2.67 bits per heavy atom. The Bertz CT molecular complexity index is 650. The van der Waals surface area contributed by atoms with Crippen LogP contribution in [0.3, 0.4) is 0 Å². The Morgan fingerprint density at radius 1 is 1.21 bits per heavy atom. The number of hydrogen-bond acceptors (Lipinski definition) is 6. The summed E-state index contributed by atoms with van der Waals surface area (Å²) < 4.78 is 5.03. The normalized spacial score (nSPS) is 13.1. The van der Waals surface area contributed by atoms with Crippen LogP contribution < -0.4 is 5.32 Å². The second kappa shape index (κ2) is 8.85. The number of carbonyl (C=O) groups is 1. The van der Waals surface area contributed by atoms with E-state index in [4.69, 9.17) is 4.74 Å². The molecule has 2 unspecified atom stereocenters. The van der Waals surface area contributed by atoms with Crippen LogP contribution in [0.2, 0.25) is 0 Å². The van der Waals surface area contributed by atoms with Crippen molar-refractivity contribution in [2.75, 3.05) is 6.54 Å². The predicted molar refractivity (Wildman–Crippen MR) is 86.1 cm³/mol. The molecule has 0 fully saturated rings. The molecule has 1 aromatic carbocycles. The highest BCUT2D eigenvalue weighted by Crippen LogP contribution is 2.20. The number of nitrogens with zero attached hydrogens (tertiary/aromatic N) is 1. The molecule has 0 saturated carbocycles. The number of pyridine rings is 1. The maximum absolute atomic E-state index is 11.6. The van der Waals surface area contributed by atoms with Crippen molar-refractivity contribution in [1.29, 1.82) is 0 Å². The van der Waals surface area contributed by atoms with Gasteiger partial charge in [0.05, 0.1) is 12.3 Å². The molecule has 24 heavy (non-hydrogen) atoms. The highest BCUT2D eigenvalue weighted by Gasteiger charge is 2.19. The van der Waals surface area contributed by atoms with Crippen molar-refractivity contribution >= 4 is 6.09 Å². The molecule has 0 bridgehead atoms. The Labute approximate surface area is 139 Å². The van der Waals surface area contributed by atoms with Crippen LogP contribution in [0.25, 0.3) is 0 Å². The molecule has 7 heteroatoms. The monoisotopic (exact) mass is 332 g/mol. The number of aliphatic hydroxyl groups excluding tert-OH is 2. The van der Waals surface area contributed by atoms with Gasteiger partial charge in [0.2, 0.25) is 0 Å². The van der Waals surface area contributed by atoms with Crippen molar-refractivity contribution in [2.45, 2.75) is 25.2 Å². The number of aromatic nitrogens is 1. The molecule has 1 aromatic heterocycles. The van der Waals surface area contributed by atoms with Crippen molar-refractivity contribution in [1.82, 2.24) is 10.3 Å². The lowest BCUT2D eigenvalue weighted by Gasteiger charge is -2.18. The lowest BCUT2D eigenvalue weighted by atomic mass is 10.0. The minimum Gasteiger partial charge on any atom is -0.506 e. The van der Waals surface area contributed by atoms with E-state index < -0.39 is 18.3 Å². The number of alkyl carbamates (subject to hydrolysis) is 1. The quantitative estimate of drug-likeness (QED) is 0.611. The van der Waals surface area contributed by atoms with Crippen LogP contribution in [0.1, 0.15) is 23.7 Å². The minimum atomic E-state index is -1.20. The number of carbonyl (C=O) groups excluding carboxylic acids is 1. The van der Waals surface area contributed by atoms with Crippen molar-refractivity contribution in [2.24, 2.45) is 0 Å². The largest absolute Gasteiger partial charge is 0.506 e. The molecule has 0 radical (unpaired) electrons. The molecular formula is C17H20N2O5. The fourth-order valence-corrected chi connectivity index (χ4v) is 2.08. The van der Waals surface area contributed by atoms with E-state index in [1.165, 1.54) is 18.5 Å². The molecule has 0 spiro atoms. The Morgan fingerprint density at radius 2 is 1.96 bits per heavy atom. The highest BCUT2D eigenvalue weighted by atomic mass is 16.5. The van der Waals surface area contributed by atoms with E-state index >= 15 is 0 Å². The first kappa shape index (κ1) is 17.7. The molecule has 1 heterocycles. The molecule has 1 amide bonds. The zero-order chi connectivity index (χ0) is 17.4. The first-order valence-corrected chi connectivity index (χ1v) is 7.51. The number of aromatic hydroxyl groups is 1. The second-order valence-electron chi connectivity index (χ2n) is 5.27. The minimum absolute atomic E-state index is 0.0960. The number of aliphatic hydroxyl groups is 2. The molecule has 0 aliphatic carbocycles. The van der Waals surface area contributed by atoms with Crippen LogP contribution in [-0.2, 0) is 11.3 Å². The van der Waals surface area contributed by atoms with Crippen LogP contribution in [0.4, 0.5) is 4.79 Å². The van der Waals surface area contributed by atoms with E-state index in [2.05, 4.69) is 10.3 Å². The lowest BCUT2D eigenvalue weighted by Crippen LogP contribution is -2.29. The Kier molecular flexibility index (Phi) is 6.53. The molecule has 128 valence electrons. The van der Waals surface area contributed by atoms with E-state index in [9.17, 15) is 20.1 Å². The van der Waals surface area contributed by atoms with Crippen molar-refractivity contribution < 1.29 is 24.9 Å². The van der Waals surface area contributed by atoms with Crippen molar-refractivity contribution in [3.63, 3.8) is 0 Å². The lowest BCUT2D eigenvalue weighted by molar-refractivity contribution is 0.0133. The molecule has 7 nitrogen and oxygen atoms in total. The first-order chi connectivity index (χ1) is 11.6.